The lowest BCUT2D eigenvalue weighted by molar-refractivity contribution is 0.315. The minimum absolute atomic E-state index is 0.694. The zero-order valence-electron chi connectivity index (χ0n) is 14.6. The summed E-state index contributed by atoms with van der Waals surface area (Å²) in [5.74, 6) is 0. The van der Waals surface area contributed by atoms with Crippen LogP contribution in [0, 0.1) is 0 Å². The zero-order valence-corrected chi connectivity index (χ0v) is 15.5. The van der Waals surface area contributed by atoms with E-state index in [0.29, 0.717) is 6.61 Å². The van der Waals surface area contributed by atoms with E-state index in [4.69, 9.17) is 4.52 Å². The highest BCUT2D eigenvalue weighted by molar-refractivity contribution is 7.39. The summed E-state index contributed by atoms with van der Waals surface area (Å²) in [5.41, 5.74) is 0. The van der Waals surface area contributed by atoms with Crippen LogP contribution in [0.25, 0.3) is 0 Å². The largest absolute Gasteiger partial charge is 0.508 e. The number of rotatable bonds is 17. The number of hydrogen-bond donors (Lipinski definition) is 0. The zero-order chi connectivity index (χ0) is 15.6. The molecule has 0 aromatic heterocycles. The van der Waals surface area contributed by atoms with Crippen molar-refractivity contribution in [1.29, 1.82) is 0 Å². The lowest BCUT2D eigenvalue weighted by Crippen LogP contribution is -1.90. The van der Waals surface area contributed by atoms with Gasteiger partial charge >= 0.3 is 8.03 Å². The highest BCUT2D eigenvalue weighted by Gasteiger charge is 2.15. The van der Waals surface area contributed by atoms with Gasteiger partial charge in [-0.15, -0.1) is 4.52 Å². The fraction of sp³-hybridized carbons (Fsp3) is 1.00. The molecule has 0 rings (SSSR count). The molecule has 3 heteroatoms. The Balaban J connectivity index is 3.13. The summed E-state index contributed by atoms with van der Waals surface area (Å²) >= 11 is 0. The third-order valence-corrected chi connectivity index (χ3v) is 5.08. The first-order valence-corrected chi connectivity index (χ1v) is 10.7. The molecule has 0 saturated heterocycles. The topological polar surface area (TPSA) is 26.3 Å². The first kappa shape index (κ1) is 21.1. The van der Waals surface area contributed by atoms with E-state index in [0.717, 1.165) is 19.0 Å². The van der Waals surface area contributed by atoms with Crippen LogP contribution in [0.15, 0.2) is 0 Å². The average molecular weight is 317 g/mol. The molecule has 126 valence electrons. The molecule has 0 amide bonds. The smallest absolute Gasteiger partial charge is 0.146 e. The van der Waals surface area contributed by atoms with Crippen molar-refractivity contribution in [2.24, 2.45) is 0 Å². The molecular formula is C18H38O2P+. The Labute approximate surface area is 134 Å². The van der Waals surface area contributed by atoms with Gasteiger partial charge in [0.25, 0.3) is 0 Å². The summed E-state index contributed by atoms with van der Waals surface area (Å²) in [6.45, 7) is 5.18. The molecule has 0 aromatic carbocycles. The minimum Gasteiger partial charge on any atom is -0.146 e. The fourth-order valence-electron chi connectivity index (χ4n) is 2.49. The summed E-state index contributed by atoms with van der Waals surface area (Å²) in [4.78, 5) is 0. The van der Waals surface area contributed by atoms with Crippen molar-refractivity contribution in [2.45, 2.75) is 104 Å². The second-order valence-electron chi connectivity index (χ2n) is 6.13. The Morgan fingerprint density at radius 3 is 1.57 bits per heavy atom. The van der Waals surface area contributed by atoms with E-state index in [9.17, 15) is 4.57 Å². The van der Waals surface area contributed by atoms with Crippen molar-refractivity contribution in [3.63, 3.8) is 0 Å². The molecule has 0 N–H and O–H groups in total. The van der Waals surface area contributed by atoms with E-state index in [1.165, 1.54) is 77.0 Å². The molecule has 0 radical (unpaired) electrons. The second kappa shape index (κ2) is 18.1. The molecule has 0 aromatic rings. The van der Waals surface area contributed by atoms with Gasteiger partial charge in [-0.25, -0.2) is 0 Å². The molecule has 0 aliphatic carbocycles. The Bertz CT molecular complexity index is 219. The monoisotopic (exact) mass is 317 g/mol. The summed E-state index contributed by atoms with van der Waals surface area (Å²) < 4.78 is 17.1. The van der Waals surface area contributed by atoms with Gasteiger partial charge in [-0.05, 0) is 23.8 Å². The molecule has 1 atom stereocenters. The van der Waals surface area contributed by atoms with E-state index in [2.05, 4.69) is 13.8 Å². The molecule has 0 aliphatic heterocycles. The summed E-state index contributed by atoms with van der Waals surface area (Å²) in [5, 5.41) is 0. The van der Waals surface area contributed by atoms with Crippen molar-refractivity contribution < 1.29 is 9.09 Å². The minimum atomic E-state index is -1.39. The number of unbranched alkanes of at least 4 members (excludes halogenated alkanes) is 12. The first-order chi connectivity index (χ1) is 10.3. The average Bonchev–Trinajstić information content (AvgIpc) is 2.49. The van der Waals surface area contributed by atoms with Gasteiger partial charge in [0.05, 0.1) is 0 Å². The quantitative estimate of drug-likeness (QED) is 0.209. The van der Waals surface area contributed by atoms with Gasteiger partial charge in [-0.3, -0.25) is 0 Å². The van der Waals surface area contributed by atoms with Crippen LogP contribution >= 0.6 is 8.03 Å². The molecule has 21 heavy (non-hydrogen) atoms. The first-order valence-electron chi connectivity index (χ1n) is 9.38. The van der Waals surface area contributed by atoms with E-state index >= 15 is 0 Å². The van der Waals surface area contributed by atoms with Crippen molar-refractivity contribution in [1.82, 2.24) is 0 Å². The normalized spacial score (nSPS) is 11.8. The van der Waals surface area contributed by atoms with Crippen molar-refractivity contribution in [3.8, 4) is 0 Å². The van der Waals surface area contributed by atoms with Crippen molar-refractivity contribution in [3.05, 3.63) is 0 Å². The van der Waals surface area contributed by atoms with E-state index in [1.54, 1.807) is 0 Å². The van der Waals surface area contributed by atoms with Gasteiger partial charge in [0, 0.05) is 0 Å². The maximum absolute atomic E-state index is 11.7. The van der Waals surface area contributed by atoms with Crippen LogP contribution in [0.5, 0.6) is 0 Å². The van der Waals surface area contributed by atoms with E-state index in [1.807, 2.05) is 0 Å². The Hall–Kier alpha value is 0.0600. The summed E-state index contributed by atoms with van der Waals surface area (Å²) in [6.07, 6.45) is 18.7. The Morgan fingerprint density at radius 2 is 1.05 bits per heavy atom. The molecule has 0 heterocycles. The van der Waals surface area contributed by atoms with E-state index in [-0.39, 0.29) is 0 Å². The standard InChI is InChI=1S/C18H38O2P/c1-3-5-7-9-11-13-15-17-20-21(19)18-16-14-12-10-8-6-4-2/h3-18H2,1-2H3/q+1. The maximum atomic E-state index is 11.7. The molecule has 2 nitrogen and oxygen atoms in total. The fourth-order valence-corrected chi connectivity index (χ4v) is 3.43. The molecule has 0 fully saturated rings. The highest BCUT2D eigenvalue weighted by Crippen LogP contribution is 2.25. The Morgan fingerprint density at radius 1 is 0.619 bits per heavy atom. The van der Waals surface area contributed by atoms with Crippen LogP contribution in [0.2, 0.25) is 0 Å². The highest BCUT2D eigenvalue weighted by atomic mass is 31.1. The van der Waals surface area contributed by atoms with Crippen molar-refractivity contribution >= 4 is 8.03 Å². The summed E-state index contributed by atoms with van der Waals surface area (Å²) in [7, 11) is -1.39. The van der Waals surface area contributed by atoms with Gasteiger partial charge in [0.2, 0.25) is 0 Å². The molecular weight excluding hydrogens is 279 g/mol. The van der Waals surface area contributed by atoms with Crippen LogP contribution < -0.4 is 0 Å². The van der Waals surface area contributed by atoms with Crippen LogP contribution in [0.3, 0.4) is 0 Å². The lowest BCUT2D eigenvalue weighted by Gasteiger charge is -1.99. The SMILES string of the molecule is CCCCCCCCCO[P+](=O)CCCCCCCCC. The van der Waals surface area contributed by atoms with Crippen LogP contribution in [0.1, 0.15) is 104 Å². The van der Waals surface area contributed by atoms with Crippen LogP contribution in [0.4, 0.5) is 0 Å². The Kier molecular flexibility index (Phi) is 18.2. The van der Waals surface area contributed by atoms with Gasteiger partial charge in [-0.1, -0.05) is 84.5 Å². The van der Waals surface area contributed by atoms with Gasteiger partial charge in [-0.2, -0.15) is 0 Å². The third-order valence-electron chi connectivity index (χ3n) is 3.93. The van der Waals surface area contributed by atoms with Gasteiger partial charge < -0.3 is 0 Å². The molecule has 0 bridgehead atoms. The molecule has 1 unspecified atom stereocenters. The molecule has 0 saturated carbocycles. The molecule has 0 spiro atoms. The summed E-state index contributed by atoms with van der Waals surface area (Å²) in [6, 6.07) is 0. The molecule has 0 aliphatic rings. The second-order valence-corrected chi connectivity index (χ2v) is 7.50. The van der Waals surface area contributed by atoms with Crippen LogP contribution in [-0.2, 0) is 9.09 Å². The van der Waals surface area contributed by atoms with Crippen LogP contribution in [-0.4, -0.2) is 12.8 Å². The maximum Gasteiger partial charge on any atom is 0.508 e. The predicted molar refractivity (Wildman–Crippen MR) is 94.4 cm³/mol. The van der Waals surface area contributed by atoms with Gasteiger partial charge in [0.1, 0.15) is 6.61 Å². The third kappa shape index (κ3) is 18.0. The predicted octanol–water partition coefficient (Wildman–Crippen LogP) is 7.25. The lowest BCUT2D eigenvalue weighted by atomic mass is 10.1. The number of hydrogen-bond acceptors (Lipinski definition) is 2. The van der Waals surface area contributed by atoms with Gasteiger partial charge in [0.15, 0.2) is 6.16 Å². The van der Waals surface area contributed by atoms with E-state index < -0.39 is 8.03 Å². The van der Waals surface area contributed by atoms with Crippen molar-refractivity contribution in [2.75, 3.05) is 12.8 Å².